The number of aryl methyl sites for hydroxylation is 1. The van der Waals surface area contributed by atoms with Crippen molar-refractivity contribution in [2.24, 2.45) is 5.92 Å². The molecule has 5 nitrogen and oxygen atoms in total. The molecular formula is C14H24N4O. The largest absolute Gasteiger partial charge is 0.396 e. The summed E-state index contributed by atoms with van der Waals surface area (Å²) in [5.41, 5.74) is 0. The quantitative estimate of drug-likeness (QED) is 0.847. The number of piperidine rings is 1. The zero-order valence-corrected chi connectivity index (χ0v) is 11.9. The van der Waals surface area contributed by atoms with Crippen molar-refractivity contribution in [2.45, 2.75) is 32.6 Å². The SMILES string of the molecule is CCCc1nc(NC)cc(N2CCCC(CO)C2)n1. The molecule has 0 saturated carbocycles. The van der Waals surface area contributed by atoms with Gasteiger partial charge in [0.1, 0.15) is 17.5 Å². The first-order chi connectivity index (χ1) is 9.26. The molecule has 0 aliphatic carbocycles. The molecule has 0 aromatic carbocycles. The topological polar surface area (TPSA) is 61.3 Å². The van der Waals surface area contributed by atoms with E-state index in [-0.39, 0.29) is 6.61 Å². The van der Waals surface area contributed by atoms with E-state index in [1.807, 2.05) is 13.1 Å². The smallest absolute Gasteiger partial charge is 0.134 e. The lowest BCUT2D eigenvalue weighted by atomic mass is 9.99. The van der Waals surface area contributed by atoms with Gasteiger partial charge in [-0.15, -0.1) is 0 Å². The van der Waals surface area contributed by atoms with Gasteiger partial charge in [0, 0.05) is 39.2 Å². The van der Waals surface area contributed by atoms with E-state index < -0.39 is 0 Å². The van der Waals surface area contributed by atoms with Crippen LogP contribution in [0.4, 0.5) is 11.6 Å². The second kappa shape index (κ2) is 6.70. The van der Waals surface area contributed by atoms with Gasteiger partial charge in [-0.1, -0.05) is 6.92 Å². The van der Waals surface area contributed by atoms with Gasteiger partial charge in [-0.25, -0.2) is 9.97 Å². The maximum atomic E-state index is 9.32. The standard InChI is InChI=1S/C14H24N4O/c1-3-5-12-16-13(15-2)8-14(17-12)18-7-4-6-11(9-18)10-19/h8,11,19H,3-7,9-10H2,1-2H3,(H,15,16,17). The Morgan fingerprint density at radius 3 is 3.00 bits per heavy atom. The summed E-state index contributed by atoms with van der Waals surface area (Å²) >= 11 is 0. The summed E-state index contributed by atoms with van der Waals surface area (Å²) in [4.78, 5) is 11.4. The van der Waals surface area contributed by atoms with Gasteiger partial charge in [-0.3, -0.25) is 0 Å². The molecule has 1 aromatic heterocycles. The summed E-state index contributed by atoms with van der Waals surface area (Å²) in [6, 6.07) is 2.00. The number of nitrogens with zero attached hydrogens (tertiary/aromatic N) is 3. The minimum absolute atomic E-state index is 0.266. The highest BCUT2D eigenvalue weighted by atomic mass is 16.3. The van der Waals surface area contributed by atoms with E-state index in [0.717, 1.165) is 56.2 Å². The average Bonchev–Trinajstić information content (AvgIpc) is 2.47. The molecule has 0 radical (unpaired) electrons. The van der Waals surface area contributed by atoms with Gasteiger partial charge >= 0.3 is 0 Å². The number of aliphatic hydroxyl groups is 1. The molecule has 1 atom stereocenters. The van der Waals surface area contributed by atoms with Gasteiger partial charge in [-0.05, 0) is 25.2 Å². The molecule has 5 heteroatoms. The van der Waals surface area contributed by atoms with Gasteiger partial charge in [0.15, 0.2) is 0 Å². The Morgan fingerprint density at radius 1 is 1.47 bits per heavy atom. The number of aliphatic hydroxyl groups excluding tert-OH is 1. The van der Waals surface area contributed by atoms with E-state index in [1.54, 1.807) is 0 Å². The van der Waals surface area contributed by atoms with Crippen molar-refractivity contribution < 1.29 is 5.11 Å². The van der Waals surface area contributed by atoms with Crippen LogP contribution in [0, 0.1) is 5.92 Å². The summed E-state index contributed by atoms with van der Waals surface area (Å²) in [5.74, 6) is 3.13. The third kappa shape index (κ3) is 3.56. The molecule has 1 aliphatic heterocycles. The number of anilines is 2. The molecule has 106 valence electrons. The van der Waals surface area contributed by atoms with Crippen molar-refractivity contribution in [3.63, 3.8) is 0 Å². The molecule has 2 heterocycles. The van der Waals surface area contributed by atoms with E-state index in [1.165, 1.54) is 0 Å². The summed E-state index contributed by atoms with van der Waals surface area (Å²) < 4.78 is 0. The first-order valence-electron chi connectivity index (χ1n) is 7.18. The van der Waals surface area contributed by atoms with Gasteiger partial charge in [-0.2, -0.15) is 0 Å². The highest BCUT2D eigenvalue weighted by Crippen LogP contribution is 2.23. The molecule has 1 saturated heterocycles. The molecular weight excluding hydrogens is 240 g/mol. The van der Waals surface area contributed by atoms with Crippen molar-refractivity contribution in [2.75, 3.05) is 37.0 Å². The van der Waals surface area contributed by atoms with Crippen LogP contribution in [0.1, 0.15) is 32.0 Å². The molecule has 1 aliphatic rings. The van der Waals surface area contributed by atoms with Gasteiger partial charge < -0.3 is 15.3 Å². The van der Waals surface area contributed by atoms with E-state index in [0.29, 0.717) is 5.92 Å². The highest BCUT2D eigenvalue weighted by Gasteiger charge is 2.21. The fourth-order valence-corrected chi connectivity index (χ4v) is 2.53. The predicted molar refractivity (Wildman–Crippen MR) is 77.6 cm³/mol. The van der Waals surface area contributed by atoms with Crippen molar-refractivity contribution >= 4 is 11.6 Å². The van der Waals surface area contributed by atoms with Gasteiger partial charge in [0.25, 0.3) is 0 Å². The first kappa shape index (κ1) is 14.1. The summed E-state index contributed by atoms with van der Waals surface area (Å²) in [7, 11) is 1.88. The van der Waals surface area contributed by atoms with Crippen LogP contribution in [-0.2, 0) is 6.42 Å². The van der Waals surface area contributed by atoms with Crippen LogP contribution in [0.5, 0.6) is 0 Å². The summed E-state index contributed by atoms with van der Waals surface area (Å²) in [6.07, 6.45) is 4.18. The minimum Gasteiger partial charge on any atom is -0.396 e. The van der Waals surface area contributed by atoms with Crippen LogP contribution in [0.25, 0.3) is 0 Å². The van der Waals surface area contributed by atoms with Crippen molar-refractivity contribution in [1.29, 1.82) is 0 Å². The van der Waals surface area contributed by atoms with Crippen LogP contribution >= 0.6 is 0 Å². The average molecular weight is 264 g/mol. The second-order valence-electron chi connectivity index (χ2n) is 5.16. The molecule has 0 bridgehead atoms. The van der Waals surface area contributed by atoms with Crippen LogP contribution in [0.3, 0.4) is 0 Å². The van der Waals surface area contributed by atoms with E-state index in [4.69, 9.17) is 0 Å². The van der Waals surface area contributed by atoms with Gasteiger partial charge in [0.2, 0.25) is 0 Å². The third-order valence-electron chi connectivity index (χ3n) is 3.59. The van der Waals surface area contributed by atoms with Crippen molar-refractivity contribution in [1.82, 2.24) is 9.97 Å². The van der Waals surface area contributed by atoms with E-state index >= 15 is 0 Å². The number of nitrogens with one attached hydrogen (secondary N) is 1. The molecule has 2 N–H and O–H groups in total. The molecule has 19 heavy (non-hydrogen) atoms. The minimum atomic E-state index is 0.266. The molecule has 1 unspecified atom stereocenters. The lowest BCUT2D eigenvalue weighted by Gasteiger charge is -2.33. The monoisotopic (exact) mass is 264 g/mol. The van der Waals surface area contributed by atoms with Crippen LogP contribution in [-0.4, -0.2) is 41.8 Å². The van der Waals surface area contributed by atoms with E-state index in [9.17, 15) is 5.11 Å². The van der Waals surface area contributed by atoms with Crippen LogP contribution < -0.4 is 10.2 Å². The fourth-order valence-electron chi connectivity index (χ4n) is 2.53. The Hall–Kier alpha value is -1.36. The Bertz CT molecular complexity index is 410. The maximum absolute atomic E-state index is 9.32. The molecule has 1 aromatic rings. The van der Waals surface area contributed by atoms with Crippen molar-refractivity contribution in [3.05, 3.63) is 11.9 Å². The van der Waals surface area contributed by atoms with E-state index in [2.05, 4.69) is 27.1 Å². The Labute approximate surface area is 115 Å². The summed E-state index contributed by atoms with van der Waals surface area (Å²) in [6.45, 7) is 4.31. The molecule has 1 fully saturated rings. The fraction of sp³-hybridized carbons (Fsp3) is 0.714. The zero-order valence-electron chi connectivity index (χ0n) is 11.9. The maximum Gasteiger partial charge on any atom is 0.134 e. The number of hydrogen-bond acceptors (Lipinski definition) is 5. The normalized spacial score (nSPS) is 19.5. The number of rotatable bonds is 5. The lowest BCUT2D eigenvalue weighted by molar-refractivity contribution is 0.208. The highest BCUT2D eigenvalue weighted by molar-refractivity contribution is 5.49. The van der Waals surface area contributed by atoms with Gasteiger partial charge in [0.05, 0.1) is 0 Å². The number of aromatic nitrogens is 2. The molecule has 0 spiro atoms. The first-order valence-corrected chi connectivity index (χ1v) is 7.18. The third-order valence-corrected chi connectivity index (χ3v) is 3.59. The van der Waals surface area contributed by atoms with Crippen LogP contribution in [0.15, 0.2) is 6.07 Å². The van der Waals surface area contributed by atoms with Crippen LogP contribution in [0.2, 0.25) is 0 Å². The Kier molecular flexibility index (Phi) is 4.96. The number of hydrogen-bond donors (Lipinski definition) is 2. The Morgan fingerprint density at radius 2 is 2.32 bits per heavy atom. The molecule has 0 amide bonds. The molecule has 2 rings (SSSR count). The lowest BCUT2D eigenvalue weighted by Crippen LogP contribution is -2.37. The predicted octanol–water partition coefficient (Wildman–Crippen LogP) is 1.68. The zero-order chi connectivity index (χ0) is 13.7. The van der Waals surface area contributed by atoms with Crippen molar-refractivity contribution in [3.8, 4) is 0 Å². The summed E-state index contributed by atoms with van der Waals surface area (Å²) in [5, 5.41) is 12.4. The Balaban J connectivity index is 2.19. The second-order valence-corrected chi connectivity index (χ2v) is 5.16.